The first-order valence-electron chi connectivity index (χ1n) is 7.01. The van der Waals surface area contributed by atoms with Gasteiger partial charge in [-0.3, -0.25) is 0 Å². The molecule has 1 unspecified atom stereocenters. The quantitative estimate of drug-likeness (QED) is 0.761. The molecule has 1 aliphatic carbocycles. The Labute approximate surface area is 132 Å². The minimum absolute atomic E-state index is 0. The number of nitrogens with two attached hydrogens (primary N) is 1. The van der Waals surface area contributed by atoms with Gasteiger partial charge in [0.1, 0.15) is 5.75 Å². The number of ether oxygens (including phenoxy) is 1. The van der Waals surface area contributed by atoms with Crippen LogP contribution < -0.4 is 15.2 Å². The third-order valence-corrected chi connectivity index (χ3v) is 4.78. The maximum absolute atomic E-state index is 12.1. The summed E-state index contributed by atoms with van der Waals surface area (Å²) in [5.74, 6) is 1.16. The predicted octanol–water partition coefficient (Wildman–Crippen LogP) is 1.91. The van der Waals surface area contributed by atoms with Gasteiger partial charge in [-0.2, -0.15) is 0 Å². The van der Waals surface area contributed by atoms with E-state index in [2.05, 4.69) is 4.72 Å². The van der Waals surface area contributed by atoms with Gasteiger partial charge in [-0.15, -0.1) is 12.4 Å². The molecular weight excluding hydrogens is 312 g/mol. The SMILES string of the molecule is CCCOc1ccc(S(=O)(=O)NCC(N)C2CC2)cc1.Cl. The van der Waals surface area contributed by atoms with E-state index >= 15 is 0 Å². The summed E-state index contributed by atoms with van der Waals surface area (Å²) in [6.07, 6.45) is 3.12. The average molecular weight is 335 g/mol. The van der Waals surface area contributed by atoms with Gasteiger partial charge >= 0.3 is 0 Å². The van der Waals surface area contributed by atoms with Gasteiger partial charge in [0.05, 0.1) is 11.5 Å². The van der Waals surface area contributed by atoms with Crippen molar-refractivity contribution < 1.29 is 13.2 Å². The van der Waals surface area contributed by atoms with Crippen molar-refractivity contribution in [1.82, 2.24) is 4.72 Å². The molecule has 3 N–H and O–H groups in total. The Morgan fingerprint density at radius 1 is 1.33 bits per heavy atom. The zero-order valence-corrected chi connectivity index (χ0v) is 13.8. The van der Waals surface area contributed by atoms with Crippen molar-refractivity contribution in [2.24, 2.45) is 11.7 Å². The van der Waals surface area contributed by atoms with Crippen LogP contribution in [0.1, 0.15) is 26.2 Å². The molecule has 2 rings (SSSR count). The lowest BCUT2D eigenvalue weighted by Crippen LogP contribution is -2.38. The number of halogens is 1. The van der Waals surface area contributed by atoms with Crippen LogP contribution >= 0.6 is 12.4 Å². The molecule has 0 aliphatic heterocycles. The van der Waals surface area contributed by atoms with E-state index in [0.29, 0.717) is 24.8 Å². The second kappa shape index (κ2) is 7.98. The van der Waals surface area contributed by atoms with Crippen molar-refractivity contribution >= 4 is 22.4 Å². The largest absolute Gasteiger partial charge is 0.494 e. The van der Waals surface area contributed by atoms with E-state index in [1.165, 1.54) is 0 Å². The van der Waals surface area contributed by atoms with Crippen molar-refractivity contribution in [3.8, 4) is 5.75 Å². The molecule has 21 heavy (non-hydrogen) atoms. The molecule has 0 amide bonds. The van der Waals surface area contributed by atoms with Crippen LogP contribution in [-0.2, 0) is 10.0 Å². The maximum atomic E-state index is 12.1. The van der Waals surface area contributed by atoms with Crippen LogP contribution in [-0.4, -0.2) is 27.6 Å². The molecule has 0 spiro atoms. The fourth-order valence-electron chi connectivity index (χ4n) is 1.92. The molecule has 5 nitrogen and oxygen atoms in total. The van der Waals surface area contributed by atoms with Gasteiger partial charge in [0, 0.05) is 12.6 Å². The standard InChI is InChI=1S/C14H22N2O3S.ClH/c1-2-9-19-12-5-7-13(8-6-12)20(17,18)16-10-14(15)11-3-4-11;/h5-8,11,14,16H,2-4,9-10,15H2,1H3;1H. The number of sulfonamides is 1. The lowest BCUT2D eigenvalue weighted by molar-refractivity contribution is 0.317. The van der Waals surface area contributed by atoms with E-state index in [1.807, 2.05) is 6.92 Å². The highest BCUT2D eigenvalue weighted by Crippen LogP contribution is 2.31. The first-order chi connectivity index (χ1) is 9.53. The molecule has 1 aliphatic rings. The van der Waals surface area contributed by atoms with E-state index in [4.69, 9.17) is 10.5 Å². The summed E-state index contributed by atoms with van der Waals surface area (Å²) >= 11 is 0. The number of rotatable bonds is 8. The fraction of sp³-hybridized carbons (Fsp3) is 0.571. The van der Waals surface area contributed by atoms with E-state index in [0.717, 1.165) is 19.3 Å². The summed E-state index contributed by atoms with van der Waals surface area (Å²) < 4.78 is 32.2. The third kappa shape index (κ3) is 5.47. The zero-order chi connectivity index (χ0) is 14.6. The zero-order valence-electron chi connectivity index (χ0n) is 12.1. The summed E-state index contributed by atoms with van der Waals surface area (Å²) in [6, 6.07) is 6.36. The monoisotopic (exact) mass is 334 g/mol. The van der Waals surface area contributed by atoms with Gasteiger partial charge in [0.25, 0.3) is 0 Å². The molecule has 0 aromatic heterocycles. The van der Waals surface area contributed by atoms with Crippen LogP contribution in [0.3, 0.4) is 0 Å². The summed E-state index contributed by atoms with van der Waals surface area (Å²) in [5, 5.41) is 0. The van der Waals surface area contributed by atoms with Crippen LogP contribution in [0.4, 0.5) is 0 Å². The maximum Gasteiger partial charge on any atom is 0.240 e. The minimum atomic E-state index is -3.48. The Hall–Kier alpha value is -0.820. The summed E-state index contributed by atoms with van der Waals surface area (Å²) in [6.45, 7) is 2.94. The van der Waals surface area contributed by atoms with E-state index in [9.17, 15) is 8.42 Å². The van der Waals surface area contributed by atoms with Crippen molar-refractivity contribution in [1.29, 1.82) is 0 Å². The summed E-state index contributed by atoms with van der Waals surface area (Å²) in [5.41, 5.74) is 5.90. The molecule has 1 aromatic carbocycles. The Balaban J connectivity index is 0.00000220. The number of benzene rings is 1. The molecule has 7 heteroatoms. The first kappa shape index (κ1) is 18.2. The van der Waals surface area contributed by atoms with Gasteiger partial charge < -0.3 is 10.5 Å². The van der Waals surface area contributed by atoms with E-state index in [-0.39, 0.29) is 23.3 Å². The Morgan fingerprint density at radius 3 is 2.48 bits per heavy atom. The second-order valence-corrected chi connectivity index (χ2v) is 6.94. The molecule has 1 aromatic rings. The minimum Gasteiger partial charge on any atom is -0.494 e. The van der Waals surface area contributed by atoms with Gasteiger partial charge in [0.2, 0.25) is 10.0 Å². The van der Waals surface area contributed by atoms with Gasteiger partial charge in [-0.25, -0.2) is 13.1 Å². The summed E-state index contributed by atoms with van der Waals surface area (Å²) in [7, 11) is -3.48. The van der Waals surface area contributed by atoms with Crippen molar-refractivity contribution in [2.75, 3.05) is 13.2 Å². The number of nitrogens with one attached hydrogen (secondary N) is 1. The lowest BCUT2D eigenvalue weighted by Gasteiger charge is -2.12. The fourth-order valence-corrected chi connectivity index (χ4v) is 2.99. The van der Waals surface area contributed by atoms with Gasteiger partial charge in [-0.1, -0.05) is 6.92 Å². The third-order valence-electron chi connectivity index (χ3n) is 3.34. The Kier molecular flexibility index (Phi) is 6.93. The molecule has 120 valence electrons. The molecule has 0 bridgehead atoms. The molecule has 1 fully saturated rings. The van der Waals surface area contributed by atoms with Crippen molar-refractivity contribution in [3.63, 3.8) is 0 Å². The average Bonchev–Trinajstić information content (AvgIpc) is 3.27. The van der Waals surface area contributed by atoms with Crippen LogP contribution in [0.2, 0.25) is 0 Å². The Morgan fingerprint density at radius 2 is 1.95 bits per heavy atom. The molecular formula is C14H23ClN2O3S. The molecule has 0 saturated heterocycles. The highest BCUT2D eigenvalue weighted by Gasteiger charge is 2.29. The topological polar surface area (TPSA) is 81.4 Å². The van der Waals surface area contributed by atoms with Crippen molar-refractivity contribution in [3.05, 3.63) is 24.3 Å². The molecule has 0 heterocycles. The van der Waals surface area contributed by atoms with Crippen LogP contribution in [0.15, 0.2) is 29.2 Å². The summed E-state index contributed by atoms with van der Waals surface area (Å²) in [4.78, 5) is 0.240. The number of hydrogen-bond acceptors (Lipinski definition) is 4. The number of hydrogen-bond donors (Lipinski definition) is 2. The van der Waals surface area contributed by atoms with Gasteiger partial charge in [0.15, 0.2) is 0 Å². The first-order valence-corrected chi connectivity index (χ1v) is 8.49. The highest BCUT2D eigenvalue weighted by atomic mass is 35.5. The molecule has 1 atom stereocenters. The lowest BCUT2D eigenvalue weighted by atomic mass is 10.2. The van der Waals surface area contributed by atoms with Crippen LogP contribution in [0.5, 0.6) is 5.75 Å². The predicted molar refractivity (Wildman–Crippen MR) is 85.4 cm³/mol. The second-order valence-electron chi connectivity index (χ2n) is 5.17. The van der Waals surface area contributed by atoms with E-state index < -0.39 is 10.0 Å². The van der Waals surface area contributed by atoms with E-state index in [1.54, 1.807) is 24.3 Å². The van der Waals surface area contributed by atoms with Crippen molar-refractivity contribution in [2.45, 2.75) is 37.1 Å². The van der Waals surface area contributed by atoms with Crippen LogP contribution in [0.25, 0.3) is 0 Å². The molecule has 1 saturated carbocycles. The van der Waals surface area contributed by atoms with Gasteiger partial charge in [-0.05, 0) is 49.4 Å². The van der Waals surface area contributed by atoms with Crippen LogP contribution in [0, 0.1) is 5.92 Å². The Bertz CT molecular complexity index is 530. The smallest absolute Gasteiger partial charge is 0.240 e. The normalized spacial score (nSPS) is 16.1. The molecule has 0 radical (unpaired) electrons. The highest BCUT2D eigenvalue weighted by molar-refractivity contribution is 7.89.